The Kier molecular flexibility index (Phi) is 6.02. The summed E-state index contributed by atoms with van der Waals surface area (Å²) in [5.41, 5.74) is 1.02. The second-order valence-electron chi connectivity index (χ2n) is 5.55. The lowest BCUT2D eigenvalue weighted by Gasteiger charge is -2.31. The van der Waals surface area contributed by atoms with E-state index in [2.05, 4.69) is 10.2 Å². The lowest BCUT2D eigenvalue weighted by molar-refractivity contribution is -0.122. The molecule has 1 atom stereocenters. The molecule has 0 radical (unpaired) electrons. The van der Waals surface area contributed by atoms with Gasteiger partial charge in [-0.2, -0.15) is 0 Å². The fourth-order valence-electron chi connectivity index (χ4n) is 2.69. The van der Waals surface area contributed by atoms with Crippen molar-refractivity contribution in [2.75, 3.05) is 33.4 Å². The topological polar surface area (TPSA) is 61.8 Å². The number of aliphatic hydroxyl groups is 1. The molecule has 0 spiro atoms. The van der Waals surface area contributed by atoms with Gasteiger partial charge in [-0.05, 0) is 43.0 Å². The number of aliphatic hydroxyl groups excluding tert-OH is 1. The van der Waals surface area contributed by atoms with E-state index in [1.807, 2.05) is 24.3 Å². The lowest BCUT2D eigenvalue weighted by atomic mass is 9.99. The molecule has 1 heterocycles. The zero-order chi connectivity index (χ0) is 15.1. The average molecular weight is 292 g/mol. The van der Waals surface area contributed by atoms with Gasteiger partial charge in [0.2, 0.25) is 5.91 Å². The summed E-state index contributed by atoms with van der Waals surface area (Å²) in [5.74, 6) is 1.13. The number of rotatable bonds is 6. The maximum atomic E-state index is 12.0. The highest BCUT2D eigenvalue weighted by Gasteiger charge is 2.20. The van der Waals surface area contributed by atoms with Crippen LogP contribution < -0.4 is 10.1 Å². The molecule has 1 aliphatic heterocycles. The van der Waals surface area contributed by atoms with Crippen LogP contribution in [-0.2, 0) is 11.3 Å². The number of methoxy groups -OCH3 is 1. The van der Waals surface area contributed by atoms with Gasteiger partial charge in [0.15, 0.2) is 0 Å². The van der Waals surface area contributed by atoms with Gasteiger partial charge >= 0.3 is 0 Å². The number of ether oxygens (including phenoxy) is 1. The third-order valence-electron chi connectivity index (χ3n) is 3.85. The number of amides is 1. The van der Waals surface area contributed by atoms with Crippen molar-refractivity contribution in [3.63, 3.8) is 0 Å². The number of hydrogen-bond acceptors (Lipinski definition) is 4. The largest absolute Gasteiger partial charge is 0.497 e. The Balaban J connectivity index is 1.76. The summed E-state index contributed by atoms with van der Waals surface area (Å²) in [6.45, 7) is 2.86. The maximum absolute atomic E-state index is 12.0. The van der Waals surface area contributed by atoms with Crippen molar-refractivity contribution in [3.8, 4) is 5.75 Å². The SMILES string of the molecule is COc1cccc(CNC(=O)CN2CCCC(CO)C2)c1. The van der Waals surface area contributed by atoms with Crippen molar-refractivity contribution < 1.29 is 14.6 Å². The quantitative estimate of drug-likeness (QED) is 0.821. The van der Waals surface area contributed by atoms with Crippen LogP contribution in [0.2, 0.25) is 0 Å². The van der Waals surface area contributed by atoms with Crippen LogP contribution in [0.15, 0.2) is 24.3 Å². The van der Waals surface area contributed by atoms with Gasteiger partial charge in [0, 0.05) is 19.7 Å². The van der Waals surface area contributed by atoms with Gasteiger partial charge in [-0.1, -0.05) is 12.1 Å². The van der Waals surface area contributed by atoms with Gasteiger partial charge in [-0.15, -0.1) is 0 Å². The molecule has 5 nitrogen and oxygen atoms in total. The normalized spacial score (nSPS) is 19.2. The Morgan fingerprint density at radius 2 is 2.38 bits per heavy atom. The minimum atomic E-state index is 0.0245. The summed E-state index contributed by atoms with van der Waals surface area (Å²) in [7, 11) is 1.63. The zero-order valence-electron chi connectivity index (χ0n) is 12.5. The molecule has 1 fully saturated rings. The molecule has 1 aliphatic rings. The molecule has 116 valence electrons. The van der Waals surface area contributed by atoms with Crippen LogP contribution in [-0.4, -0.2) is 49.3 Å². The summed E-state index contributed by atoms with van der Waals surface area (Å²) < 4.78 is 5.16. The number of carbonyl (C=O) groups is 1. The summed E-state index contributed by atoms with van der Waals surface area (Å²) in [4.78, 5) is 14.1. The molecule has 1 aromatic rings. The molecule has 1 aromatic carbocycles. The fraction of sp³-hybridized carbons (Fsp3) is 0.562. The van der Waals surface area contributed by atoms with Crippen LogP contribution in [0.4, 0.5) is 0 Å². The Bertz CT molecular complexity index is 465. The minimum absolute atomic E-state index is 0.0245. The van der Waals surface area contributed by atoms with Crippen molar-refractivity contribution in [1.29, 1.82) is 0 Å². The third-order valence-corrected chi connectivity index (χ3v) is 3.85. The second kappa shape index (κ2) is 8.00. The first kappa shape index (κ1) is 15.8. The predicted molar refractivity (Wildman–Crippen MR) is 81.1 cm³/mol. The van der Waals surface area contributed by atoms with Gasteiger partial charge in [0.1, 0.15) is 5.75 Å². The third kappa shape index (κ3) is 5.02. The number of benzene rings is 1. The molecular weight excluding hydrogens is 268 g/mol. The Labute approximate surface area is 125 Å². The molecule has 1 amide bonds. The highest BCUT2D eigenvalue weighted by molar-refractivity contribution is 5.78. The number of likely N-dealkylation sites (tertiary alicyclic amines) is 1. The molecule has 0 aromatic heterocycles. The molecule has 0 aliphatic carbocycles. The molecule has 2 rings (SSSR count). The van der Waals surface area contributed by atoms with Gasteiger partial charge in [0.05, 0.1) is 13.7 Å². The van der Waals surface area contributed by atoms with E-state index >= 15 is 0 Å². The number of hydrogen-bond donors (Lipinski definition) is 2. The Morgan fingerprint density at radius 3 is 3.14 bits per heavy atom. The van der Waals surface area contributed by atoms with E-state index in [1.165, 1.54) is 0 Å². The summed E-state index contributed by atoms with van der Waals surface area (Å²) in [6, 6.07) is 7.68. The minimum Gasteiger partial charge on any atom is -0.497 e. The number of carbonyl (C=O) groups excluding carboxylic acids is 1. The van der Waals surface area contributed by atoms with Crippen LogP contribution in [0.3, 0.4) is 0 Å². The summed E-state index contributed by atoms with van der Waals surface area (Å²) >= 11 is 0. The first-order valence-corrected chi connectivity index (χ1v) is 7.44. The van der Waals surface area contributed by atoms with Crippen molar-refractivity contribution in [1.82, 2.24) is 10.2 Å². The smallest absolute Gasteiger partial charge is 0.234 e. The number of nitrogens with one attached hydrogen (secondary N) is 1. The van der Waals surface area contributed by atoms with E-state index < -0.39 is 0 Å². The molecule has 0 bridgehead atoms. The molecular formula is C16H24N2O3. The summed E-state index contributed by atoms with van der Waals surface area (Å²) in [6.07, 6.45) is 2.10. The number of piperidine rings is 1. The monoisotopic (exact) mass is 292 g/mol. The first-order valence-electron chi connectivity index (χ1n) is 7.44. The molecule has 0 saturated carbocycles. The van der Waals surface area contributed by atoms with Crippen molar-refractivity contribution >= 4 is 5.91 Å². The van der Waals surface area contributed by atoms with E-state index in [-0.39, 0.29) is 12.5 Å². The van der Waals surface area contributed by atoms with Crippen LogP contribution in [0.5, 0.6) is 5.75 Å². The van der Waals surface area contributed by atoms with Crippen molar-refractivity contribution in [2.45, 2.75) is 19.4 Å². The zero-order valence-corrected chi connectivity index (χ0v) is 12.5. The standard InChI is InChI=1S/C16H24N2O3/c1-21-15-6-2-4-13(8-15)9-17-16(20)11-18-7-3-5-14(10-18)12-19/h2,4,6,8,14,19H,3,5,7,9-12H2,1H3,(H,17,20). The van der Waals surface area contributed by atoms with Gasteiger partial charge < -0.3 is 15.2 Å². The Morgan fingerprint density at radius 1 is 1.52 bits per heavy atom. The van der Waals surface area contributed by atoms with Crippen LogP contribution in [0, 0.1) is 5.92 Å². The first-order chi connectivity index (χ1) is 10.2. The van der Waals surface area contributed by atoms with Crippen LogP contribution in [0.1, 0.15) is 18.4 Å². The molecule has 5 heteroatoms. The van der Waals surface area contributed by atoms with E-state index in [1.54, 1.807) is 7.11 Å². The van der Waals surface area contributed by atoms with Crippen LogP contribution >= 0.6 is 0 Å². The predicted octanol–water partition coefficient (Wildman–Crippen LogP) is 1.02. The van der Waals surface area contributed by atoms with E-state index in [0.29, 0.717) is 19.0 Å². The molecule has 1 unspecified atom stereocenters. The van der Waals surface area contributed by atoms with E-state index in [4.69, 9.17) is 4.74 Å². The van der Waals surface area contributed by atoms with Gasteiger partial charge in [-0.25, -0.2) is 0 Å². The van der Waals surface area contributed by atoms with Crippen molar-refractivity contribution in [2.24, 2.45) is 5.92 Å². The highest BCUT2D eigenvalue weighted by atomic mass is 16.5. The fourth-order valence-corrected chi connectivity index (χ4v) is 2.69. The van der Waals surface area contributed by atoms with Crippen LogP contribution in [0.25, 0.3) is 0 Å². The summed E-state index contributed by atoms with van der Waals surface area (Å²) in [5, 5.41) is 12.1. The van der Waals surface area contributed by atoms with E-state index in [0.717, 1.165) is 37.2 Å². The van der Waals surface area contributed by atoms with Gasteiger partial charge in [-0.3, -0.25) is 9.69 Å². The molecule has 1 saturated heterocycles. The Hall–Kier alpha value is -1.59. The maximum Gasteiger partial charge on any atom is 0.234 e. The average Bonchev–Trinajstić information content (AvgIpc) is 2.53. The molecule has 2 N–H and O–H groups in total. The highest BCUT2D eigenvalue weighted by Crippen LogP contribution is 2.15. The van der Waals surface area contributed by atoms with E-state index in [9.17, 15) is 9.90 Å². The van der Waals surface area contributed by atoms with Gasteiger partial charge in [0.25, 0.3) is 0 Å². The number of nitrogens with zero attached hydrogens (tertiary/aromatic N) is 1. The second-order valence-corrected chi connectivity index (χ2v) is 5.55. The van der Waals surface area contributed by atoms with Crippen molar-refractivity contribution in [3.05, 3.63) is 29.8 Å². The molecule has 21 heavy (non-hydrogen) atoms. The lowest BCUT2D eigenvalue weighted by Crippen LogP contribution is -2.43.